The summed E-state index contributed by atoms with van der Waals surface area (Å²) >= 11 is 0. The summed E-state index contributed by atoms with van der Waals surface area (Å²) in [6.07, 6.45) is 0. The van der Waals surface area contributed by atoms with E-state index in [4.69, 9.17) is 16.2 Å². The number of hydrogen-bond acceptors (Lipinski definition) is 7. The second-order valence-electron chi connectivity index (χ2n) is 9.81. The van der Waals surface area contributed by atoms with E-state index in [2.05, 4.69) is 9.97 Å². The van der Waals surface area contributed by atoms with Crippen LogP contribution in [0.4, 0.5) is 14.7 Å². The molecule has 2 heterocycles. The predicted molar refractivity (Wildman–Crippen MR) is 137 cm³/mol. The minimum Gasteiger partial charge on any atom is -0.459 e. The number of nitrogen functional groups attached to an aromatic ring is 1. The third-order valence-electron chi connectivity index (χ3n) is 6.39. The molecule has 1 amide bonds. The molecular weight excluding hydrogens is 492 g/mol. The average Bonchev–Trinajstić information content (AvgIpc) is 3.31. The first-order chi connectivity index (χ1) is 18.0. The number of ether oxygens (including phenoxy) is 1. The molecule has 0 saturated heterocycles. The molecule has 194 valence electrons. The summed E-state index contributed by atoms with van der Waals surface area (Å²) in [6, 6.07) is 14.6. The van der Waals surface area contributed by atoms with E-state index >= 15 is 0 Å². The molecule has 0 bridgehead atoms. The number of halogens is 2. The summed E-state index contributed by atoms with van der Waals surface area (Å²) in [6.45, 7) is 3.48. The van der Waals surface area contributed by atoms with Gasteiger partial charge < -0.3 is 21.1 Å². The van der Waals surface area contributed by atoms with Gasteiger partial charge in [0, 0.05) is 24.0 Å². The predicted octanol–water partition coefficient (Wildman–Crippen LogP) is 4.09. The van der Waals surface area contributed by atoms with Crippen LogP contribution in [0.1, 0.15) is 41.0 Å². The van der Waals surface area contributed by atoms with Gasteiger partial charge in [0.25, 0.3) is 5.91 Å². The highest BCUT2D eigenvalue weighted by Gasteiger charge is 2.28. The van der Waals surface area contributed by atoms with Crippen LogP contribution in [-0.2, 0) is 29.2 Å². The third kappa shape index (κ3) is 4.78. The summed E-state index contributed by atoms with van der Waals surface area (Å²) < 4.78 is 33.8. The van der Waals surface area contributed by atoms with Crippen LogP contribution in [0, 0.1) is 11.6 Å². The maximum atomic E-state index is 14.3. The van der Waals surface area contributed by atoms with Gasteiger partial charge >= 0.3 is 5.97 Å². The van der Waals surface area contributed by atoms with Gasteiger partial charge in [0.15, 0.2) is 11.6 Å². The van der Waals surface area contributed by atoms with E-state index < -0.39 is 23.1 Å². The molecule has 0 radical (unpaired) electrons. The van der Waals surface area contributed by atoms with Crippen molar-refractivity contribution < 1.29 is 23.1 Å². The van der Waals surface area contributed by atoms with Crippen molar-refractivity contribution >= 4 is 28.7 Å². The van der Waals surface area contributed by atoms with Crippen LogP contribution in [0.5, 0.6) is 0 Å². The minimum atomic E-state index is -1.26. The van der Waals surface area contributed by atoms with Crippen LogP contribution in [0.3, 0.4) is 0 Å². The fourth-order valence-corrected chi connectivity index (χ4v) is 4.41. The molecule has 0 atom stereocenters. The zero-order chi connectivity index (χ0) is 27.2. The molecule has 0 saturated carbocycles. The van der Waals surface area contributed by atoms with Gasteiger partial charge in [0.1, 0.15) is 17.8 Å². The van der Waals surface area contributed by atoms with Crippen molar-refractivity contribution in [2.75, 3.05) is 5.73 Å². The Bertz CT molecular complexity index is 1570. The highest BCUT2D eigenvalue weighted by Crippen LogP contribution is 2.32. The zero-order valence-corrected chi connectivity index (χ0v) is 20.8. The molecule has 1 aliphatic heterocycles. The Morgan fingerprint density at radius 1 is 1.00 bits per heavy atom. The Kier molecular flexibility index (Phi) is 6.28. The van der Waals surface area contributed by atoms with Crippen LogP contribution in [0.2, 0.25) is 0 Å². The fourth-order valence-electron chi connectivity index (χ4n) is 4.41. The Balaban J connectivity index is 1.55. The van der Waals surface area contributed by atoms with Gasteiger partial charge in [-0.3, -0.25) is 9.59 Å². The molecule has 38 heavy (non-hydrogen) atoms. The van der Waals surface area contributed by atoms with Crippen LogP contribution in [0.25, 0.3) is 22.0 Å². The van der Waals surface area contributed by atoms with Crippen LogP contribution < -0.4 is 11.5 Å². The van der Waals surface area contributed by atoms with E-state index in [1.165, 1.54) is 13.8 Å². The molecule has 5 rings (SSSR count). The molecule has 4 N–H and O–H groups in total. The Labute approximate surface area is 217 Å². The third-order valence-corrected chi connectivity index (χ3v) is 6.39. The number of anilines is 1. The van der Waals surface area contributed by atoms with Gasteiger partial charge in [-0.05, 0) is 60.4 Å². The first kappa shape index (κ1) is 25.2. The second kappa shape index (κ2) is 9.46. The molecule has 0 fully saturated rings. The molecule has 0 unspecified atom stereocenters. The summed E-state index contributed by atoms with van der Waals surface area (Å²) in [5.74, 6) is -3.26. The van der Waals surface area contributed by atoms with Gasteiger partial charge in [-0.2, -0.15) is 0 Å². The lowest BCUT2D eigenvalue weighted by atomic mass is 9.97. The molecule has 1 aromatic heterocycles. The van der Waals surface area contributed by atoms with Crippen LogP contribution in [0.15, 0.2) is 54.6 Å². The van der Waals surface area contributed by atoms with Gasteiger partial charge in [-0.25, -0.2) is 18.7 Å². The number of nitrogens with zero attached hydrogens (tertiary/aromatic N) is 3. The maximum Gasteiger partial charge on any atom is 0.325 e. The SMILES string of the molecule is CC(C)(N)C(=O)OCc1cc(F)c(F)cc1-c1ccc2nc(N)nc(C(=O)N3Cc4ccccc4C3)c2c1. The van der Waals surface area contributed by atoms with E-state index in [0.717, 1.165) is 23.3 Å². The number of amides is 1. The summed E-state index contributed by atoms with van der Waals surface area (Å²) in [5, 5.41) is 0.397. The number of fused-ring (bicyclic) bond motifs is 2. The van der Waals surface area contributed by atoms with Crippen molar-refractivity contribution in [1.82, 2.24) is 14.9 Å². The van der Waals surface area contributed by atoms with Crippen molar-refractivity contribution in [3.05, 3.63) is 88.6 Å². The number of aromatic nitrogens is 2. The second-order valence-corrected chi connectivity index (χ2v) is 9.81. The van der Waals surface area contributed by atoms with E-state index in [1.54, 1.807) is 23.1 Å². The molecular formula is C28H25F2N5O3. The Morgan fingerprint density at radius 2 is 1.66 bits per heavy atom. The number of carbonyl (C=O) groups excluding carboxylic acids is 2. The van der Waals surface area contributed by atoms with Crippen molar-refractivity contribution in [3.63, 3.8) is 0 Å². The molecule has 8 nitrogen and oxygen atoms in total. The normalized spacial score (nSPS) is 13.0. The highest BCUT2D eigenvalue weighted by molar-refractivity contribution is 6.06. The van der Waals surface area contributed by atoms with Crippen molar-refractivity contribution in [2.24, 2.45) is 5.73 Å². The molecule has 10 heteroatoms. The lowest BCUT2D eigenvalue weighted by Gasteiger charge is -2.18. The molecule has 3 aromatic carbocycles. The van der Waals surface area contributed by atoms with Crippen molar-refractivity contribution in [3.8, 4) is 11.1 Å². The Morgan fingerprint density at radius 3 is 2.32 bits per heavy atom. The Hall–Kier alpha value is -4.44. The standard InChI is InChI=1S/C28H25F2N5O3/c1-28(2,32)26(37)38-14-18-10-21(29)22(30)11-19(18)15-7-8-23-20(9-15)24(34-27(31)33-23)25(36)35-12-16-5-3-4-6-17(16)13-35/h3-11H,12-14,32H2,1-2H3,(H2,31,33,34). The number of hydrogen-bond donors (Lipinski definition) is 2. The molecule has 4 aromatic rings. The fraction of sp³-hybridized carbons (Fsp3) is 0.214. The monoisotopic (exact) mass is 517 g/mol. The number of carbonyl (C=O) groups is 2. The zero-order valence-electron chi connectivity index (χ0n) is 20.8. The van der Waals surface area contributed by atoms with Gasteiger partial charge in [0.2, 0.25) is 5.95 Å². The van der Waals surface area contributed by atoms with Crippen LogP contribution in [-0.4, -0.2) is 32.3 Å². The molecule has 0 aliphatic carbocycles. The lowest BCUT2D eigenvalue weighted by molar-refractivity contribution is -0.150. The van der Waals surface area contributed by atoms with E-state index in [0.29, 0.717) is 29.6 Å². The number of rotatable bonds is 5. The lowest BCUT2D eigenvalue weighted by Crippen LogP contribution is -2.42. The maximum absolute atomic E-state index is 14.3. The number of nitrogens with two attached hydrogens (primary N) is 2. The van der Waals surface area contributed by atoms with Crippen molar-refractivity contribution in [2.45, 2.75) is 39.1 Å². The highest BCUT2D eigenvalue weighted by atomic mass is 19.2. The number of esters is 1. The summed E-state index contributed by atoms with van der Waals surface area (Å²) in [4.78, 5) is 35.9. The summed E-state index contributed by atoms with van der Waals surface area (Å²) in [5.41, 5.74) is 14.0. The minimum absolute atomic E-state index is 0.0601. The van der Waals surface area contributed by atoms with Gasteiger partial charge in [-0.15, -0.1) is 0 Å². The number of benzene rings is 3. The summed E-state index contributed by atoms with van der Waals surface area (Å²) in [7, 11) is 0. The van der Waals surface area contributed by atoms with Crippen molar-refractivity contribution in [1.29, 1.82) is 0 Å². The van der Waals surface area contributed by atoms with Gasteiger partial charge in [0.05, 0.1) is 5.52 Å². The first-order valence-corrected chi connectivity index (χ1v) is 11.9. The largest absolute Gasteiger partial charge is 0.459 e. The topological polar surface area (TPSA) is 124 Å². The average molecular weight is 518 g/mol. The molecule has 0 spiro atoms. The quantitative estimate of drug-likeness (QED) is 0.382. The van der Waals surface area contributed by atoms with E-state index in [9.17, 15) is 18.4 Å². The van der Waals surface area contributed by atoms with E-state index in [1.807, 2.05) is 24.3 Å². The van der Waals surface area contributed by atoms with Gasteiger partial charge in [-0.1, -0.05) is 30.3 Å². The molecule has 1 aliphatic rings. The van der Waals surface area contributed by atoms with E-state index in [-0.39, 0.29) is 35.3 Å². The smallest absolute Gasteiger partial charge is 0.325 e. The van der Waals surface area contributed by atoms with Crippen LogP contribution >= 0.6 is 0 Å². The first-order valence-electron chi connectivity index (χ1n) is 11.9.